The van der Waals surface area contributed by atoms with Crippen molar-refractivity contribution in [3.63, 3.8) is 0 Å². The van der Waals surface area contributed by atoms with Crippen LogP contribution in [0.5, 0.6) is 0 Å². The first kappa shape index (κ1) is 20.5. The molecule has 1 aliphatic carbocycles. The molecular formula is C20H32IN3O. The molecule has 1 aromatic rings. The lowest BCUT2D eigenvalue weighted by molar-refractivity contribution is -0.107. The van der Waals surface area contributed by atoms with Gasteiger partial charge in [0.25, 0.3) is 0 Å². The molecule has 5 heteroatoms. The number of aryl methyl sites for hydroxylation is 1. The number of nitrogens with one attached hydrogen (secondary N) is 1. The first-order valence-electron chi connectivity index (χ1n) is 9.12. The predicted molar refractivity (Wildman–Crippen MR) is 115 cm³/mol. The van der Waals surface area contributed by atoms with Crippen LogP contribution in [0, 0.1) is 18.3 Å². The van der Waals surface area contributed by atoms with E-state index in [1.54, 1.807) is 0 Å². The standard InChI is InChI=1S/C20H31N3O.HI/c1-6-21-19(23(5)13-15-9-7-14(2)8-10-15)22-17-16-11-12-24-18(16)20(17,3)4;/h7-10,16-18H,6,11-13H2,1-5H3,(H,21,22);1H. The minimum absolute atomic E-state index is 0. The van der Waals surface area contributed by atoms with E-state index in [0.717, 1.165) is 32.1 Å². The molecule has 1 heterocycles. The Kier molecular flexibility index (Phi) is 6.76. The molecule has 3 rings (SSSR count). The van der Waals surface area contributed by atoms with Crippen molar-refractivity contribution in [2.75, 3.05) is 20.2 Å². The van der Waals surface area contributed by atoms with Crippen molar-refractivity contribution >= 4 is 29.9 Å². The van der Waals surface area contributed by atoms with Crippen LogP contribution >= 0.6 is 24.0 Å². The SMILES string of the molecule is CCN=C(NC1C2CCOC2C1(C)C)N(C)Cc1ccc(C)cc1.I. The van der Waals surface area contributed by atoms with Gasteiger partial charge in [0.15, 0.2) is 5.96 Å². The molecule has 1 saturated heterocycles. The normalized spacial score (nSPS) is 27.1. The zero-order valence-corrected chi connectivity index (χ0v) is 18.4. The first-order valence-corrected chi connectivity index (χ1v) is 9.12. The average molecular weight is 457 g/mol. The Hall–Kier alpha value is -0.820. The predicted octanol–water partition coefficient (Wildman–Crippen LogP) is 3.82. The highest BCUT2D eigenvalue weighted by atomic mass is 127. The lowest BCUT2D eigenvalue weighted by Gasteiger charge is -2.55. The monoisotopic (exact) mass is 457 g/mol. The van der Waals surface area contributed by atoms with E-state index in [2.05, 4.69) is 69.2 Å². The van der Waals surface area contributed by atoms with Crippen LogP contribution in [0.2, 0.25) is 0 Å². The summed E-state index contributed by atoms with van der Waals surface area (Å²) in [4.78, 5) is 6.96. The van der Waals surface area contributed by atoms with Gasteiger partial charge in [0.2, 0.25) is 0 Å². The van der Waals surface area contributed by atoms with Crippen LogP contribution < -0.4 is 5.32 Å². The van der Waals surface area contributed by atoms with Gasteiger partial charge in [-0.05, 0) is 25.8 Å². The molecule has 0 aromatic heterocycles. The summed E-state index contributed by atoms with van der Waals surface area (Å²) in [6.07, 6.45) is 1.56. The molecule has 3 atom stereocenters. The topological polar surface area (TPSA) is 36.9 Å². The Morgan fingerprint density at radius 1 is 1.32 bits per heavy atom. The van der Waals surface area contributed by atoms with Crippen molar-refractivity contribution < 1.29 is 4.74 Å². The smallest absolute Gasteiger partial charge is 0.194 e. The van der Waals surface area contributed by atoms with Gasteiger partial charge in [0, 0.05) is 44.1 Å². The molecule has 2 fully saturated rings. The molecule has 3 unspecified atom stereocenters. The molecule has 2 aliphatic rings. The molecule has 140 valence electrons. The van der Waals surface area contributed by atoms with Crippen LogP contribution in [0.15, 0.2) is 29.3 Å². The van der Waals surface area contributed by atoms with Crippen LogP contribution in [0.4, 0.5) is 0 Å². The summed E-state index contributed by atoms with van der Waals surface area (Å²) in [7, 11) is 2.12. The molecule has 0 radical (unpaired) electrons. The molecule has 25 heavy (non-hydrogen) atoms. The van der Waals surface area contributed by atoms with Crippen molar-refractivity contribution in [3.8, 4) is 0 Å². The maximum Gasteiger partial charge on any atom is 0.194 e. The maximum atomic E-state index is 5.91. The molecule has 1 N–H and O–H groups in total. The number of rotatable bonds is 4. The summed E-state index contributed by atoms with van der Waals surface area (Å²) in [6.45, 7) is 11.4. The van der Waals surface area contributed by atoms with Crippen LogP contribution in [-0.2, 0) is 11.3 Å². The average Bonchev–Trinajstić information content (AvgIpc) is 3.00. The summed E-state index contributed by atoms with van der Waals surface area (Å²) in [5.74, 6) is 1.62. The highest BCUT2D eigenvalue weighted by Crippen LogP contribution is 2.52. The quantitative estimate of drug-likeness (QED) is 0.424. The van der Waals surface area contributed by atoms with E-state index in [-0.39, 0.29) is 29.4 Å². The van der Waals surface area contributed by atoms with Crippen LogP contribution in [0.25, 0.3) is 0 Å². The highest BCUT2D eigenvalue weighted by Gasteiger charge is 2.59. The number of hydrogen-bond donors (Lipinski definition) is 1. The van der Waals surface area contributed by atoms with Crippen LogP contribution in [-0.4, -0.2) is 43.2 Å². The van der Waals surface area contributed by atoms with E-state index in [1.807, 2.05) is 0 Å². The number of nitrogens with zero attached hydrogens (tertiary/aromatic N) is 2. The Bertz CT molecular complexity index is 599. The minimum Gasteiger partial charge on any atom is -0.377 e. The Balaban J connectivity index is 0.00000225. The van der Waals surface area contributed by atoms with E-state index in [9.17, 15) is 0 Å². The summed E-state index contributed by atoms with van der Waals surface area (Å²) in [5.41, 5.74) is 2.77. The molecule has 0 amide bonds. The Labute approximate surface area is 169 Å². The fraction of sp³-hybridized carbons (Fsp3) is 0.650. The van der Waals surface area contributed by atoms with Gasteiger partial charge in [-0.2, -0.15) is 0 Å². The molecule has 0 spiro atoms. The van der Waals surface area contributed by atoms with E-state index >= 15 is 0 Å². The lowest BCUT2D eigenvalue weighted by Crippen LogP contribution is -2.67. The zero-order valence-electron chi connectivity index (χ0n) is 16.1. The summed E-state index contributed by atoms with van der Waals surface area (Å²) in [5, 5.41) is 3.74. The van der Waals surface area contributed by atoms with Crippen LogP contribution in [0.1, 0.15) is 38.3 Å². The fourth-order valence-corrected chi connectivity index (χ4v) is 4.22. The number of hydrogen-bond acceptors (Lipinski definition) is 2. The molecule has 1 aromatic carbocycles. The first-order chi connectivity index (χ1) is 11.4. The minimum atomic E-state index is 0. The number of fused-ring (bicyclic) bond motifs is 1. The van der Waals surface area contributed by atoms with Gasteiger partial charge in [-0.25, -0.2) is 0 Å². The molecular weight excluding hydrogens is 425 g/mol. The maximum absolute atomic E-state index is 5.91. The van der Waals surface area contributed by atoms with Gasteiger partial charge >= 0.3 is 0 Å². The van der Waals surface area contributed by atoms with Crippen molar-refractivity contribution in [2.24, 2.45) is 16.3 Å². The summed E-state index contributed by atoms with van der Waals surface area (Å²) in [6, 6.07) is 9.18. The third kappa shape index (κ3) is 4.13. The van der Waals surface area contributed by atoms with Gasteiger partial charge in [-0.15, -0.1) is 24.0 Å². The number of ether oxygens (including phenoxy) is 1. The number of benzene rings is 1. The Morgan fingerprint density at radius 3 is 2.64 bits per heavy atom. The van der Waals surface area contributed by atoms with E-state index < -0.39 is 0 Å². The summed E-state index contributed by atoms with van der Waals surface area (Å²) < 4.78 is 5.91. The molecule has 0 bridgehead atoms. The van der Waals surface area contributed by atoms with Crippen molar-refractivity contribution in [3.05, 3.63) is 35.4 Å². The molecule has 4 nitrogen and oxygen atoms in total. The van der Waals surface area contributed by atoms with Gasteiger partial charge in [-0.1, -0.05) is 43.7 Å². The second kappa shape index (κ2) is 8.25. The second-order valence-corrected chi connectivity index (χ2v) is 7.83. The van der Waals surface area contributed by atoms with Crippen molar-refractivity contribution in [1.29, 1.82) is 0 Å². The van der Waals surface area contributed by atoms with Crippen molar-refractivity contribution in [1.82, 2.24) is 10.2 Å². The second-order valence-electron chi connectivity index (χ2n) is 7.83. The third-order valence-electron chi connectivity index (χ3n) is 5.59. The molecule has 1 aliphatic heterocycles. The van der Waals surface area contributed by atoms with E-state index in [0.29, 0.717) is 18.1 Å². The Morgan fingerprint density at radius 2 is 2.00 bits per heavy atom. The van der Waals surface area contributed by atoms with E-state index in [1.165, 1.54) is 11.1 Å². The fourth-order valence-electron chi connectivity index (χ4n) is 4.22. The van der Waals surface area contributed by atoms with E-state index in [4.69, 9.17) is 9.73 Å². The van der Waals surface area contributed by atoms with Gasteiger partial charge < -0.3 is 15.0 Å². The highest BCUT2D eigenvalue weighted by molar-refractivity contribution is 14.0. The number of halogens is 1. The summed E-state index contributed by atoms with van der Waals surface area (Å²) >= 11 is 0. The van der Waals surface area contributed by atoms with Gasteiger partial charge in [0.1, 0.15) is 0 Å². The number of guanidine groups is 1. The largest absolute Gasteiger partial charge is 0.377 e. The van der Waals surface area contributed by atoms with Gasteiger partial charge in [0.05, 0.1) is 6.10 Å². The third-order valence-corrected chi connectivity index (χ3v) is 5.59. The molecule has 1 saturated carbocycles. The van der Waals surface area contributed by atoms with Crippen molar-refractivity contribution in [2.45, 2.75) is 52.8 Å². The zero-order chi connectivity index (χ0) is 17.3. The van der Waals surface area contributed by atoms with Gasteiger partial charge in [-0.3, -0.25) is 4.99 Å². The lowest BCUT2D eigenvalue weighted by atomic mass is 9.57. The number of aliphatic imine (C=N–C) groups is 1. The van der Waals surface area contributed by atoms with Crippen LogP contribution in [0.3, 0.4) is 0 Å².